The molecular formula is C71H55N5Si. The Balaban J connectivity index is 0.943. The zero-order valence-corrected chi connectivity index (χ0v) is 44.1. The van der Waals surface area contributed by atoms with Crippen LogP contribution in [0.25, 0.3) is 66.4 Å². The van der Waals surface area contributed by atoms with E-state index in [1.807, 2.05) is 0 Å². The van der Waals surface area contributed by atoms with E-state index in [4.69, 9.17) is 9.98 Å². The molecule has 4 heterocycles. The fraction of sp³-hybridized carbons (Fsp3) is 0.0986. The van der Waals surface area contributed by atoms with E-state index in [0.29, 0.717) is 11.4 Å². The lowest BCUT2D eigenvalue weighted by molar-refractivity contribution is 0.671. The molecule has 5 aliphatic rings. The summed E-state index contributed by atoms with van der Waals surface area (Å²) in [5, 5.41) is 7.98. The van der Waals surface area contributed by atoms with E-state index in [-0.39, 0.29) is 12.0 Å². The standard InChI is InChI=1S/C71H55N5Si/c1-77(2)65-38-17-14-27-52(65)55-32-18-33-59(68(55)77)71-73-69(49-41-39-48(40-42-49)46-21-6-3-7-22-46)72-70(74-71)58-44-43-50(47-23-8-4-9-24-47)45-64(58)76-61-35-16-13-29-57(61)67-54(31-20-37-63(67)76)53-30-19-36-62-66(53)56-28-12-15-34-60(56)75(62)51-25-10-5-11-26-51/h3-37,39-45,56,60,65,70H,38H2,1-2H3,(H,72,73,74). The van der Waals surface area contributed by atoms with Crippen molar-refractivity contribution in [3.63, 3.8) is 0 Å². The number of aliphatic imine (C=N–C) groups is 2. The Morgan fingerprint density at radius 3 is 1.99 bits per heavy atom. The van der Waals surface area contributed by atoms with Gasteiger partial charge in [-0.2, -0.15) is 0 Å². The van der Waals surface area contributed by atoms with E-state index in [1.54, 1.807) is 0 Å². The molecule has 0 bridgehead atoms. The monoisotopic (exact) mass is 1010 g/mol. The molecule has 0 saturated heterocycles. The van der Waals surface area contributed by atoms with Crippen LogP contribution in [0.5, 0.6) is 0 Å². The number of amidine groups is 2. The highest BCUT2D eigenvalue weighted by atomic mass is 28.3. The number of hydrogen-bond acceptors (Lipinski definition) is 4. The molecule has 1 N–H and O–H groups in total. The van der Waals surface area contributed by atoms with E-state index >= 15 is 0 Å². The van der Waals surface area contributed by atoms with Gasteiger partial charge in [-0.3, -0.25) is 0 Å². The molecule has 4 atom stereocenters. The Morgan fingerprint density at radius 1 is 0.532 bits per heavy atom. The summed E-state index contributed by atoms with van der Waals surface area (Å²) in [6, 6.07) is 77.9. The van der Waals surface area contributed by atoms with Gasteiger partial charge in [0, 0.05) is 44.8 Å². The van der Waals surface area contributed by atoms with Crippen LogP contribution >= 0.6 is 0 Å². The third-order valence-corrected chi connectivity index (χ3v) is 21.2. The Morgan fingerprint density at radius 2 is 1.17 bits per heavy atom. The first-order chi connectivity index (χ1) is 38.0. The van der Waals surface area contributed by atoms with Gasteiger partial charge in [-0.1, -0.05) is 232 Å². The lowest BCUT2D eigenvalue weighted by Gasteiger charge is -2.30. The van der Waals surface area contributed by atoms with E-state index < -0.39 is 14.2 Å². The molecule has 9 aromatic carbocycles. The third kappa shape index (κ3) is 7.27. The van der Waals surface area contributed by atoms with Crippen molar-refractivity contribution in [2.24, 2.45) is 9.98 Å². The topological polar surface area (TPSA) is 44.9 Å². The van der Waals surface area contributed by atoms with Crippen LogP contribution in [0.1, 0.15) is 46.3 Å². The first-order valence-corrected chi connectivity index (χ1v) is 30.2. The Hall–Kier alpha value is -9.10. The molecule has 0 fully saturated rings. The van der Waals surface area contributed by atoms with E-state index in [1.165, 1.54) is 66.3 Å². The maximum absolute atomic E-state index is 5.69. The van der Waals surface area contributed by atoms with Crippen LogP contribution in [-0.4, -0.2) is 30.4 Å². The predicted molar refractivity (Wildman–Crippen MR) is 325 cm³/mol. The highest BCUT2D eigenvalue weighted by Gasteiger charge is 2.47. The van der Waals surface area contributed by atoms with Crippen molar-refractivity contribution in [2.75, 3.05) is 4.90 Å². The molecule has 368 valence electrons. The maximum atomic E-state index is 5.69. The summed E-state index contributed by atoms with van der Waals surface area (Å²) in [6.45, 7) is 5.11. The normalized spacial score (nSPS) is 19.5. The van der Waals surface area contributed by atoms with Crippen molar-refractivity contribution in [1.29, 1.82) is 0 Å². The number of fused-ring (bicyclic) bond motifs is 9. The summed E-state index contributed by atoms with van der Waals surface area (Å²) in [5.41, 5.74) is 20.9. The van der Waals surface area contributed by atoms with Gasteiger partial charge in [-0.25, -0.2) is 9.98 Å². The van der Waals surface area contributed by atoms with Crippen LogP contribution in [0.15, 0.2) is 265 Å². The first-order valence-electron chi connectivity index (χ1n) is 27.1. The molecule has 1 aromatic heterocycles. The molecule has 0 radical (unpaired) electrons. The fourth-order valence-corrected chi connectivity index (χ4v) is 17.5. The van der Waals surface area contributed by atoms with Crippen LogP contribution in [0.2, 0.25) is 18.6 Å². The van der Waals surface area contributed by atoms with Gasteiger partial charge in [0.25, 0.3) is 0 Å². The van der Waals surface area contributed by atoms with Gasteiger partial charge in [0.15, 0.2) is 5.84 Å². The first kappa shape index (κ1) is 45.3. The number of nitrogens with one attached hydrogen (secondary N) is 1. The number of rotatable bonds is 8. The highest BCUT2D eigenvalue weighted by molar-refractivity contribution is 6.95. The van der Waals surface area contributed by atoms with Crippen LogP contribution in [0.3, 0.4) is 0 Å². The lowest BCUT2D eigenvalue weighted by atomic mass is 9.85. The van der Waals surface area contributed by atoms with Crippen molar-refractivity contribution < 1.29 is 0 Å². The number of nitrogens with zero attached hydrogens (tertiary/aromatic N) is 4. The van der Waals surface area contributed by atoms with Crippen molar-refractivity contribution in [2.45, 2.75) is 43.2 Å². The zero-order chi connectivity index (χ0) is 51.2. The molecule has 4 unspecified atom stereocenters. The minimum absolute atomic E-state index is 0.176. The summed E-state index contributed by atoms with van der Waals surface area (Å²) < 4.78 is 2.51. The summed E-state index contributed by atoms with van der Waals surface area (Å²) in [6.07, 6.45) is 16.8. The Kier molecular flexibility index (Phi) is 10.6. The second-order valence-corrected chi connectivity index (χ2v) is 26.3. The van der Waals surface area contributed by atoms with Gasteiger partial charge >= 0.3 is 0 Å². The fourth-order valence-electron chi connectivity index (χ4n) is 13.6. The summed E-state index contributed by atoms with van der Waals surface area (Å²) in [7, 11) is -2.02. The largest absolute Gasteiger partial charge is 0.344 e. The van der Waals surface area contributed by atoms with Crippen LogP contribution in [-0.2, 0) is 0 Å². The lowest BCUT2D eigenvalue weighted by Crippen LogP contribution is -2.47. The third-order valence-electron chi connectivity index (χ3n) is 17.1. The molecule has 77 heavy (non-hydrogen) atoms. The predicted octanol–water partition coefficient (Wildman–Crippen LogP) is 16.7. The van der Waals surface area contributed by atoms with Gasteiger partial charge in [0.05, 0.1) is 30.8 Å². The van der Waals surface area contributed by atoms with Gasteiger partial charge < -0.3 is 14.8 Å². The highest BCUT2D eigenvalue weighted by Crippen LogP contribution is 2.53. The molecule has 6 heteroatoms. The van der Waals surface area contributed by atoms with E-state index in [9.17, 15) is 0 Å². The molecule has 0 amide bonds. The SMILES string of the molecule is C[Si]1(C)c2c(cccc2C2=NC(c3ccc(-c4ccccc4)cc3)=NC(c3ccc(-c4ccccc4)cc3-n3c4ccccc4c4c(-c5cccc6c5C5C=CC=CC5N6c5ccccc5)cccc43)N2)C2=CC=CCC21. The average molecular weight is 1010 g/mol. The summed E-state index contributed by atoms with van der Waals surface area (Å²) in [4.78, 5) is 13.8. The second-order valence-electron chi connectivity index (χ2n) is 21.6. The van der Waals surface area contributed by atoms with Crippen LogP contribution in [0, 0.1) is 0 Å². The van der Waals surface area contributed by atoms with Crippen molar-refractivity contribution in [1.82, 2.24) is 9.88 Å². The van der Waals surface area contributed by atoms with Crippen molar-refractivity contribution in [3.05, 3.63) is 283 Å². The smallest absolute Gasteiger partial charge is 0.159 e. The molecule has 10 aromatic rings. The van der Waals surface area contributed by atoms with Gasteiger partial charge in [0.2, 0.25) is 0 Å². The molecule has 5 nitrogen and oxygen atoms in total. The Bertz CT molecular complexity index is 4200. The molecule has 15 rings (SSSR count). The molecule has 0 saturated carbocycles. The van der Waals surface area contributed by atoms with Crippen LogP contribution < -0.4 is 15.4 Å². The number of para-hydroxylation sites is 2. The van der Waals surface area contributed by atoms with Crippen molar-refractivity contribution >= 4 is 63.7 Å². The van der Waals surface area contributed by atoms with Gasteiger partial charge in [-0.05, 0) is 104 Å². The number of allylic oxidation sites excluding steroid dienone is 6. The maximum Gasteiger partial charge on any atom is 0.159 e. The number of aromatic nitrogens is 1. The summed E-state index contributed by atoms with van der Waals surface area (Å²) >= 11 is 0. The van der Waals surface area contributed by atoms with Gasteiger partial charge in [-0.15, -0.1) is 0 Å². The second kappa shape index (κ2) is 18.0. The molecule has 2 aliphatic carbocycles. The minimum atomic E-state index is -2.02. The molecule has 0 spiro atoms. The number of hydrogen-bond donors (Lipinski definition) is 1. The molecule has 3 aliphatic heterocycles. The average Bonchev–Trinajstić information content (AvgIpc) is 4.30. The Labute approximate surface area is 451 Å². The van der Waals surface area contributed by atoms with Gasteiger partial charge in [0.1, 0.15) is 12.0 Å². The minimum Gasteiger partial charge on any atom is -0.344 e. The van der Waals surface area contributed by atoms with E-state index in [2.05, 4.69) is 283 Å². The zero-order valence-electron chi connectivity index (χ0n) is 43.1. The molecular weight excluding hydrogens is 951 g/mol. The quantitative estimate of drug-likeness (QED) is 0.154. The number of anilines is 2. The summed E-state index contributed by atoms with van der Waals surface area (Å²) in [5.74, 6) is 1.77. The van der Waals surface area contributed by atoms with Crippen molar-refractivity contribution in [3.8, 4) is 39.1 Å². The number of benzene rings is 9. The van der Waals surface area contributed by atoms with E-state index in [0.717, 1.165) is 56.8 Å². The van der Waals surface area contributed by atoms with Crippen LogP contribution in [0.4, 0.5) is 11.4 Å².